The second-order valence-corrected chi connectivity index (χ2v) is 5.25. The van der Waals surface area contributed by atoms with E-state index >= 15 is 0 Å². The lowest BCUT2D eigenvalue weighted by Gasteiger charge is -2.45. The molecule has 1 amide bonds. The Bertz CT molecular complexity index is 669. The molecule has 1 aliphatic heterocycles. The van der Waals surface area contributed by atoms with Crippen LogP contribution in [0.1, 0.15) is 24.1 Å². The molecule has 2 N–H and O–H groups in total. The Labute approximate surface area is 123 Å². The second kappa shape index (κ2) is 5.30. The molecule has 0 spiro atoms. The molecule has 108 valence electrons. The van der Waals surface area contributed by atoms with Crippen molar-refractivity contribution in [1.82, 2.24) is 0 Å². The van der Waals surface area contributed by atoms with Crippen LogP contribution in [0.5, 0.6) is 0 Å². The Hall–Kier alpha value is -2.20. The molecule has 2 atom stereocenters. The first kappa shape index (κ1) is 13.8. The topological polar surface area (TPSA) is 46.3 Å². The molecule has 1 fully saturated rings. The average molecular weight is 284 g/mol. The van der Waals surface area contributed by atoms with Gasteiger partial charge in [0.15, 0.2) is 0 Å². The third-order valence-electron chi connectivity index (χ3n) is 3.96. The Morgan fingerprint density at radius 3 is 2.52 bits per heavy atom. The van der Waals surface area contributed by atoms with Gasteiger partial charge in [0.1, 0.15) is 11.9 Å². The molecule has 3 nitrogen and oxygen atoms in total. The first-order chi connectivity index (χ1) is 10.1. The fourth-order valence-electron chi connectivity index (χ4n) is 2.73. The second-order valence-electron chi connectivity index (χ2n) is 5.25. The van der Waals surface area contributed by atoms with Gasteiger partial charge in [0.25, 0.3) is 0 Å². The lowest BCUT2D eigenvalue weighted by atomic mass is 9.88. The highest BCUT2D eigenvalue weighted by Crippen LogP contribution is 2.38. The number of benzene rings is 2. The highest BCUT2D eigenvalue weighted by molar-refractivity contribution is 6.05. The molecule has 4 heteroatoms. The quantitative estimate of drug-likeness (QED) is 0.881. The molecule has 1 aliphatic rings. The molecule has 0 saturated carbocycles. The van der Waals surface area contributed by atoms with Crippen molar-refractivity contribution < 1.29 is 9.18 Å². The van der Waals surface area contributed by atoms with Crippen molar-refractivity contribution in [3.63, 3.8) is 0 Å². The van der Waals surface area contributed by atoms with Crippen LogP contribution in [0.4, 0.5) is 10.1 Å². The normalized spacial score (nSPS) is 21.3. The van der Waals surface area contributed by atoms with Crippen LogP contribution in [0.3, 0.4) is 0 Å². The van der Waals surface area contributed by atoms with Gasteiger partial charge in [-0.2, -0.15) is 0 Å². The number of nitrogens with two attached hydrogens (primary N) is 1. The lowest BCUT2D eigenvalue weighted by molar-refractivity contribution is -0.126. The number of β-lactam (4-membered cyclic amide) rings is 1. The number of nitrogens with zero attached hydrogens (tertiary/aromatic N) is 1. The maximum atomic E-state index is 13.4. The molecule has 0 radical (unpaired) electrons. The average Bonchev–Trinajstić information content (AvgIpc) is 2.51. The third kappa shape index (κ3) is 2.32. The molecule has 1 heterocycles. The van der Waals surface area contributed by atoms with E-state index in [0.29, 0.717) is 5.69 Å². The van der Waals surface area contributed by atoms with Gasteiger partial charge in [0.2, 0.25) is 5.91 Å². The first-order valence-electron chi connectivity index (χ1n) is 7.05. The highest BCUT2D eigenvalue weighted by Gasteiger charge is 2.46. The molecule has 2 aromatic carbocycles. The van der Waals surface area contributed by atoms with Crippen LogP contribution in [0.15, 0.2) is 48.5 Å². The zero-order valence-corrected chi connectivity index (χ0v) is 11.8. The van der Waals surface area contributed by atoms with Crippen molar-refractivity contribution in [2.24, 2.45) is 5.73 Å². The summed E-state index contributed by atoms with van der Waals surface area (Å²) in [6, 6.07) is 13.3. The molecular formula is C17H17FN2O. The number of hydrogen-bond donors (Lipinski definition) is 1. The van der Waals surface area contributed by atoms with Gasteiger partial charge in [-0.15, -0.1) is 0 Å². The summed E-state index contributed by atoms with van der Waals surface area (Å²) in [5, 5.41) is 0. The molecular weight excluding hydrogens is 267 g/mol. The van der Waals surface area contributed by atoms with E-state index in [1.807, 2.05) is 24.3 Å². The van der Waals surface area contributed by atoms with Crippen LogP contribution in [-0.4, -0.2) is 11.9 Å². The van der Waals surface area contributed by atoms with Gasteiger partial charge < -0.3 is 10.6 Å². The molecule has 2 aromatic rings. The fourth-order valence-corrected chi connectivity index (χ4v) is 2.73. The predicted octanol–water partition coefficient (Wildman–Crippen LogP) is 2.80. The number of hydrogen-bond acceptors (Lipinski definition) is 2. The summed E-state index contributed by atoms with van der Waals surface area (Å²) in [4.78, 5) is 13.6. The van der Waals surface area contributed by atoms with Crippen molar-refractivity contribution >= 4 is 11.6 Å². The van der Waals surface area contributed by atoms with Gasteiger partial charge in [-0.05, 0) is 35.7 Å². The number of aryl methyl sites for hydroxylation is 1. The Morgan fingerprint density at radius 2 is 1.90 bits per heavy atom. The molecule has 0 unspecified atom stereocenters. The van der Waals surface area contributed by atoms with Gasteiger partial charge in [-0.25, -0.2) is 4.39 Å². The highest BCUT2D eigenvalue weighted by atomic mass is 19.1. The standard InChI is InChI=1S/C17H17FN2O/c1-2-11-6-8-12(9-7-11)16-15(19)17(21)20(16)14-5-3-4-13(18)10-14/h3-10,15-16H,2,19H2,1H3/t15-,16+/m0/s1. The summed E-state index contributed by atoms with van der Waals surface area (Å²) in [7, 11) is 0. The number of anilines is 1. The van der Waals surface area contributed by atoms with Gasteiger partial charge in [-0.3, -0.25) is 4.79 Å². The summed E-state index contributed by atoms with van der Waals surface area (Å²) in [5.74, 6) is -0.536. The Balaban J connectivity index is 1.94. The van der Waals surface area contributed by atoms with Crippen molar-refractivity contribution in [2.45, 2.75) is 25.4 Å². The predicted molar refractivity (Wildman–Crippen MR) is 80.4 cm³/mol. The van der Waals surface area contributed by atoms with E-state index in [1.165, 1.54) is 17.7 Å². The number of rotatable bonds is 3. The van der Waals surface area contributed by atoms with Crippen molar-refractivity contribution in [1.29, 1.82) is 0 Å². The maximum absolute atomic E-state index is 13.4. The van der Waals surface area contributed by atoms with Crippen molar-refractivity contribution in [3.8, 4) is 0 Å². The van der Waals surface area contributed by atoms with E-state index in [-0.39, 0.29) is 17.8 Å². The lowest BCUT2D eigenvalue weighted by Crippen LogP contribution is -2.63. The van der Waals surface area contributed by atoms with Crippen LogP contribution in [0, 0.1) is 5.82 Å². The molecule has 3 rings (SSSR count). The molecule has 21 heavy (non-hydrogen) atoms. The fraction of sp³-hybridized carbons (Fsp3) is 0.235. The number of carbonyl (C=O) groups is 1. The minimum absolute atomic E-state index is 0.176. The van der Waals surface area contributed by atoms with E-state index in [1.54, 1.807) is 17.0 Å². The summed E-state index contributed by atoms with van der Waals surface area (Å²) >= 11 is 0. The minimum Gasteiger partial charge on any atom is -0.318 e. The molecule has 1 saturated heterocycles. The molecule has 0 aromatic heterocycles. The molecule has 0 aliphatic carbocycles. The van der Waals surface area contributed by atoms with Crippen LogP contribution < -0.4 is 10.6 Å². The third-order valence-corrected chi connectivity index (χ3v) is 3.96. The Kier molecular flexibility index (Phi) is 3.47. The Morgan fingerprint density at radius 1 is 1.19 bits per heavy atom. The van der Waals surface area contributed by atoms with Crippen molar-refractivity contribution in [3.05, 3.63) is 65.5 Å². The zero-order valence-electron chi connectivity index (χ0n) is 11.8. The summed E-state index contributed by atoms with van der Waals surface area (Å²) in [5.41, 5.74) is 8.70. The number of amides is 1. The summed E-state index contributed by atoms with van der Waals surface area (Å²) in [6.45, 7) is 2.09. The maximum Gasteiger partial charge on any atom is 0.247 e. The van der Waals surface area contributed by atoms with Gasteiger partial charge in [0.05, 0.1) is 6.04 Å². The summed E-state index contributed by atoms with van der Waals surface area (Å²) in [6.07, 6.45) is 0.962. The first-order valence-corrected chi connectivity index (χ1v) is 7.05. The monoisotopic (exact) mass is 284 g/mol. The number of carbonyl (C=O) groups excluding carboxylic acids is 1. The van der Waals surface area contributed by atoms with Crippen LogP contribution in [0.2, 0.25) is 0 Å². The minimum atomic E-state index is -0.569. The van der Waals surface area contributed by atoms with Gasteiger partial charge in [-0.1, -0.05) is 37.3 Å². The largest absolute Gasteiger partial charge is 0.318 e. The van der Waals surface area contributed by atoms with Gasteiger partial charge >= 0.3 is 0 Å². The number of halogens is 1. The summed E-state index contributed by atoms with van der Waals surface area (Å²) < 4.78 is 13.4. The zero-order chi connectivity index (χ0) is 15.0. The van der Waals surface area contributed by atoms with E-state index < -0.39 is 6.04 Å². The van der Waals surface area contributed by atoms with E-state index in [0.717, 1.165) is 12.0 Å². The smallest absolute Gasteiger partial charge is 0.247 e. The van der Waals surface area contributed by atoms with E-state index in [4.69, 9.17) is 5.73 Å². The van der Waals surface area contributed by atoms with Crippen LogP contribution >= 0.6 is 0 Å². The molecule has 0 bridgehead atoms. The van der Waals surface area contributed by atoms with E-state index in [2.05, 4.69) is 6.92 Å². The van der Waals surface area contributed by atoms with E-state index in [9.17, 15) is 9.18 Å². The van der Waals surface area contributed by atoms with Gasteiger partial charge in [0, 0.05) is 5.69 Å². The SMILES string of the molecule is CCc1ccc([C@@H]2[C@H](N)C(=O)N2c2cccc(F)c2)cc1. The van der Waals surface area contributed by atoms with Crippen LogP contribution in [-0.2, 0) is 11.2 Å². The van der Waals surface area contributed by atoms with Crippen molar-refractivity contribution in [2.75, 3.05) is 4.90 Å². The van der Waals surface area contributed by atoms with Crippen LogP contribution in [0.25, 0.3) is 0 Å².